The Labute approximate surface area is 106 Å². The summed E-state index contributed by atoms with van der Waals surface area (Å²) in [5.74, 6) is 0.185. The van der Waals surface area contributed by atoms with Gasteiger partial charge in [0, 0.05) is 12.1 Å². The topological polar surface area (TPSA) is 20.3 Å². The van der Waals surface area contributed by atoms with Crippen LogP contribution in [0.15, 0.2) is 48.5 Å². The number of benzene rings is 2. The SMILES string of the molecule is O=C1c2ccccc2C2Cc3ccccc3CN12. The number of rotatable bonds is 0. The second kappa shape index (κ2) is 3.45. The van der Waals surface area contributed by atoms with Crippen molar-refractivity contribution >= 4 is 5.91 Å². The normalized spacial score (nSPS) is 20.3. The third-order valence-electron chi connectivity index (χ3n) is 4.06. The van der Waals surface area contributed by atoms with E-state index in [0.29, 0.717) is 0 Å². The van der Waals surface area contributed by atoms with Crippen LogP contribution in [0.5, 0.6) is 0 Å². The van der Waals surface area contributed by atoms with Crippen LogP contribution in [0.4, 0.5) is 0 Å². The highest BCUT2D eigenvalue weighted by Gasteiger charge is 2.39. The average Bonchev–Trinajstić information content (AvgIpc) is 2.71. The van der Waals surface area contributed by atoms with Crippen molar-refractivity contribution in [2.75, 3.05) is 0 Å². The van der Waals surface area contributed by atoms with Crippen molar-refractivity contribution in [2.24, 2.45) is 0 Å². The Morgan fingerprint density at radius 1 is 0.944 bits per heavy atom. The molecule has 1 unspecified atom stereocenters. The lowest BCUT2D eigenvalue weighted by molar-refractivity contribution is 0.0693. The lowest BCUT2D eigenvalue weighted by Gasteiger charge is -2.31. The lowest BCUT2D eigenvalue weighted by Crippen LogP contribution is -2.32. The van der Waals surface area contributed by atoms with E-state index < -0.39 is 0 Å². The zero-order valence-corrected chi connectivity index (χ0v) is 9.97. The molecule has 0 aliphatic carbocycles. The van der Waals surface area contributed by atoms with Gasteiger partial charge in [0.05, 0.1) is 6.04 Å². The van der Waals surface area contributed by atoms with Crippen molar-refractivity contribution in [1.29, 1.82) is 0 Å². The Bertz CT molecular complexity index is 647. The molecule has 1 atom stereocenters. The van der Waals surface area contributed by atoms with Crippen LogP contribution in [0.2, 0.25) is 0 Å². The second-order valence-electron chi connectivity index (χ2n) is 5.01. The lowest BCUT2D eigenvalue weighted by atomic mass is 9.92. The molecule has 0 spiro atoms. The monoisotopic (exact) mass is 235 g/mol. The van der Waals surface area contributed by atoms with Gasteiger partial charge in [-0.3, -0.25) is 4.79 Å². The largest absolute Gasteiger partial charge is 0.327 e. The Balaban J connectivity index is 1.85. The van der Waals surface area contributed by atoms with Gasteiger partial charge in [0.25, 0.3) is 5.91 Å². The van der Waals surface area contributed by atoms with Crippen LogP contribution in [0.25, 0.3) is 0 Å². The van der Waals surface area contributed by atoms with Crippen LogP contribution in [0.1, 0.15) is 33.1 Å². The molecule has 0 radical (unpaired) electrons. The molecule has 2 aromatic rings. The highest BCUT2D eigenvalue weighted by Crippen LogP contribution is 2.40. The van der Waals surface area contributed by atoms with Gasteiger partial charge in [-0.25, -0.2) is 0 Å². The van der Waals surface area contributed by atoms with Gasteiger partial charge in [0.1, 0.15) is 0 Å². The third kappa shape index (κ3) is 1.20. The number of hydrogen-bond donors (Lipinski definition) is 0. The summed E-state index contributed by atoms with van der Waals surface area (Å²) in [4.78, 5) is 14.4. The van der Waals surface area contributed by atoms with Crippen LogP contribution >= 0.6 is 0 Å². The fourth-order valence-electron chi connectivity index (χ4n) is 3.15. The van der Waals surface area contributed by atoms with Gasteiger partial charge in [0.2, 0.25) is 0 Å². The molecule has 2 aliphatic rings. The number of hydrogen-bond acceptors (Lipinski definition) is 1. The minimum absolute atomic E-state index is 0.185. The molecular formula is C16H13NO. The van der Waals surface area contributed by atoms with Crippen molar-refractivity contribution < 1.29 is 4.79 Å². The summed E-state index contributed by atoms with van der Waals surface area (Å²) in [5, 5.41) is 0. The van der Waals surface area contributed by atoms with Gasteiger partial charge >= 0.3 is 0 Å². The highest BCUT2D eigenvalue weighted by molar-refractivity contribution is 5.99. The fraction of sp³-hybridized carbons (Fsp3) is 0.188. The molecule has 1 amide bonds. The van der Waals surface area contributed by atoms with Crippen LogP contribution in [-0.2, 0) is 13.0 Å². The number of fused-ring (bicyclic) bond motifs is 4. The first-order chi connectivity index (χ1) is 8.84. The zero-order valence-electron chi connectivity index (χ0n) is 9.97. The Hall–Kier alpha value is -2.09. The van der Waals surface area contributed by atoms with Crippen LogP contribution in [0.3, 0.4) is 0 Å². The fourth-order valence-corrected chi connectivity index (χ4v) is 3.15. The van der Waals surface area contributed by atoms with Gasteiger partial charge in [-0.1, -0.05) is 42.5 Å². The average molecular weight is 235 g/mol. The van der Waals surface area contributed by atoms with Crippen molar-refractivity contribution in [3.8, 4) is 0 Å². The van der Waals surface area contributed by atoms with Crippen molar-refractivity contribution in [3.05, 3.63) is 70.8 Å². The molecule has 18 heavy (non-hydrogen) atoms. The van der Waals surface area contributed by atoms with Gasteiger partial charge in [0.15, 0.2) is 0 Å². The van der Waals surface area contributed by atoms with E-state index in [-0.39, 0.29) is 11.9 Å². The first kappa shape index (κ1) is 9.89. The molecule has 2 heteroatoms. The summed E-state index contributed by atoms with van der Waals surface area (Å²) in [6, 6.07) is 16.7. The molecule has 0 saturated carbocycles. The zero-order chi connectivity index (χ0) is 12.1. The molecule has 2 aromatic carbocycles. The summed E-state index contributed by atoms with van der Waals surface area (Å²) in [6.45, 7) is 0.744. The van der Waals surface area contributed by atoms with Crippen molar-refractivity contribution in [2.45, 2.75) is 19.0 Å². The second-order valence-corrected chi connectivity index (χ2v) is 5.01. The highest BCUT2D eigenvalue weighted by atomic mass is 16.2. The van der Waals surface area contributed by atoms with E-state index in [1.807, 2.05) is 29.2 Å². The maximum Gasteiger partial charge on any atom is 0.255 e. The number of carbonyl (C=O) groups excluding carboxylic acids is 1. The summed E-state index contributed by atoms with van der Waals surface area (Å²) >= 11 is 0. The van der Waals surface area contributed by atoms with E-state index in [2.05, 4.69) is 24.3 Å². The van der Waals surface area contributed by atoms with E-state index in [1.165, 1.54) is 16.7 Å². The quantitative estimate of drug-likeness (QED) is 0.687. The molecule has 0 N–H and O–H groups in total. The molecule has 2 nitrogen and oxygen atoms in total. The summed E-state index contributed by atoms with van der Waals surface area (Å²) in [6.07, 6.45) is 0.943. The van der Waals surface area contributed by atoms with E-state index >= 15 is 0 Å². The maximum absolute atomic E-state index is 12.4. The van der Waals surface area contributed by atoms with Crippen LogP contribution in [-0.4, -0.2) is 10.8 Å². The van der Waals surface area contributed by atoms with Gasteiger partial charge in [-0.15, -0.1) is 0 Å². The predicted molar refractivity (Wildman–Crippen MR) is 69.2 cm³/mol. The van der Waals surface area contributed by atoms with E-state index in [4.69, 9.17) is 0 Å². The van der Waals surface area contributed by atoms with Gasteiger partial charge < -0.3 is 4.90 Å². The first-order valence-corrected chi connectivity index (χ1v) is 6.31. The van der Waals surface area contributed by atoms with Gasteiger partial charge in [-0.2, -0.15) is 0 Å². The minimum atomic E-state index is 0.185. The molecule has 0 bridgehead atoms. The minimum Gasteiger partial charge on any atom is -0.327 e. The van der Waals surface area contributed by atoms with Crippen molar-refractivity contribution in [1.82, 2.24) is 4.90 Å². The van der Waals surface area contributed by atoms with Crippen LogP contribution in [0, 0.1) is 0 Å². The molecule has 0 saturated heterocycles. The molecule has 4 rings (SSSR count). The summed E-state index contributed by atoms with van der Waals surface area (Å²) < 4.78 is 0. The number of carbonyl (C=O) groups is 1. The van der Waals surface area contributed by atoms with E-state index in [0.717, 1.165) is 18.5 Å². The molecule has 88 valence electrons. The summed E-state index contributed by atoms with van der Waals surface area (Å²) in [7, 11) is 0. The molecule has 2 heterocycles. The third-order valence-corrected chi connectivity index (χ3v) is 4.06. The molecule has 2 aliphatic heterocycles. The van der Waals surface area contributed by atoms with Crippen molar-refractivity contribution in [3.63, 3.8) is 0 Å². The predicted octanol–water partition coefficient (Wildman–Crippen LogP) is 2.94. The maximum atomic E-state index is 12.4. The Morgan fingerprint density at radius 2 is 1.67 bits per heavy atom. The van der Waals surface area contributed by atoms with E-state index in [9.17, 15) is 4.79 Å². The summed E-state index contributed by atoms with van der Waals surface area (Å²) in [5.41, 5.74) is 4.74. The Morgan fingerprint density at radius 3 is 2.56 bits per heavy atom. The first-order valence-electron chi connectivity index (χ1n) is 6.31. The van der Waals surface area contributed by atoms with Gasteiger partial charge in [-0.05, 0) is 29.2 Å². The smallest absolute Gasteiger partial charge is 0.255 e. The standard InChI is InChI=1S/C16H13NO/c18-16-14-8-4-3-7-13(14)15-9-11-5-1-2-6-12(11)10-17(15)16/h1-8,15H,9-10H2. The molecular weight excluding hydrogens is 222 g/mol. The number of nitrogens with zero attached hydrogens (tertiary/aromatic N) is 1. The van der Waals surface area contributed by atoms with E-state index in [1.54, 1.807) is 0 Å². The van der Waals surface area contributed by atoms with Crippen LogP contribution < -0.4 is 0 Å². The number of amides is 1. The molecule has 0 aromatic heterocycles. The Kier molecular flexibility index (Phi) is 1.90. The molecule has 0 fully saturated rings.